The van der Waals surface area contributed by atoms with E-state index in [0.29, 0.717) is 6.42 Å². The lowest BCUT2D eigenvalue weighted by Crippen LogP contribution is -2.39. The molecule has 28 heavy (non-hydrogen) atoms. The molecule has 1 aliphatic rings. The van der Waals surface area contributed by atoms with Crippen LogP contribution >= 0.6 is 0 Å². The Hall–Kier alpha value is -2.69. The van der Waals surface area contributed by atoms with Gasteiger partial charge in [-0.3, -0.25) is 4.79 Å². The van der Waals surface area contributed by atoms with E-state index in [1.54, 1.807) is 12.1 Å². The van der Waals surface area contributed by atoms with Crippen molar-refractivity contribution >= 4 is 16.9 Å². The Kier molecular flexibility index (Phi) is 5.42. The van der Waals surface area contributed by atoms with E-state index in [-0.39, 0.29) is 17.8 Å². The molecule has 5 heteroatoms. The van der Waals surface area contributed by atoms with Crippen LogP contribution in [-0.2, 0) is 4.79 Å². The number of carbonyl (C=O) groups excluding carboxylic acids is 1. The molecule has 146 valence electrons. The summed E-state index contributed by atoms with van der Waals surface area (Å²) >= 11 is 0. The lowest BCUT2D eigenvalue weighted by Gasteiger charge is -2.33. The van der Waals surface area contributed by atoms with E-state index in [1.165, 1.54) is 6.07 Å². The molecule has 1 fully saturated rings. The molecule has 0 saturated carbocycles. The molecule has 0 spiro atoms. The van der Waals surface area contributed by atoms with Gasteiger partial charge in [0, 0.05) is 31.1 Å². The zero-order valence-electron chi connectivity index (χ0n) is 16.3. The highest BCUT2D eigenvalue weighted by molar-refractivity contribution is 5.81. The van der Waals surface area contributed by atoms with E-state index in [0.717, 1.165) is 61.2 Å². The molecule has 4 rings (SSSR count). The van der Waals surface area contributed by atoms with Gasteiger partial charge in [-0.25, -0.2) is 9.37 Å². The number of hydrogen-bond donors (Lipinski definition) is 0. The summed E-state index contributed by atoms with van der Waals surface area (Å²) in [5, 5.41) is 0. The van der Waals surface area contributed by atoms with Crippen LogP contribution < -0.4 is 0 Å². The number of aromatic nitrogens is 2. The number of amides is 1. The van der Waals surface area contributed by atoms with E-state index < -0.39 is 0 Å². The quantitative estimate of drug-likeness (QED) is 0.611. The molecule has 0 unspecified atom stereocenters. The summed E-state index contributed by atoms with van der Waals surface area (Å²) in [6.45, 7) is 3.60. The van der Waals surface area contributed by atoms with E-state index in [1.807, 2.05) is 35.2 Å². The molecule has 1 aliphatic heterocycles. The van der Waals surface area contributed by atoms with Crippen LogP contribution in [0, 0.1) is 5.82 Å². The smallest absolute Gasteiger partial charge is 0.222 e. The van der Waals surface area contributed by atoms with Crippen molar-refractivity contribution in [2.45, 2.75) is 45.1 Å². The minimum atomic E-state index is -0.250. The number of piperidine rings is 1. The standard InChI is InChI=1S/C23H26FN3O/c1-2-3-9-22(28)26-14-12-19(13-15-26)27-21-16-18(24)10-11-20(21)25-23(27)17-7-5-4-6-8-17/h4-8,10-11,16,19H,2-3,9,12-15H2,1H3. The maximum Gasteiger partial charge on any atom is 0.222 e. The van der Waals surface area contributed by atoms with Crippen LogP contribution in [-0.4, -0.2) is 33.4 Å². The number of carbonyl (C=O) groups is 1. The van der Waals surface area contributed by atoms with Gasteiger partial charge in [-0.15, -0.1) is 0 Å². The molecule has 0 atom stereocenters. The lowest BCUT2D eigenvalue weighted by molar-refractivity contribution is -0.132. The van der Waals surface area contributed by atoms with Crippen molar-refractivity contribution < 1.29 is 9.18 Å². The molecule has 4 nitrogen and oxygen atoms in total. The number of halogens is 1. The fraction of sp³-hybridized carbons (Fsp3) is 0.391. The maximum atomic E-state index is 14.0. The number of imidazole rings is 1. The summed E-state index contributed by atoms with van der Waals surface area (Å²) < 4.78 is 16.2. The normalized spacial score (nSPS) is 15.3. The molecule has 0 bridgehead atoms. The zero-order chi connectivity index (χ0) is 19.5. The SMILES string of the molecule is CCCCC(=O)N1CCC(n2c(-c3ccccc3)nc3ccc(F)cc32)CC1. The summed E-state index contributed by atoms with van der Waals surface area (Å²) in [4.78, 5) is 19.1. The fourth-order valence-corrected chi connectivity index (χ4v) is 4.09. The van der Waals surface area contributed by atoms with Crippen molar-refractivity contribution in [2.24, 2.45) is 0 Å². The summed E-state index contributed by atoms with van der Waals surface area (Å²) in [5.41, 5.74) is 2.66. The van der Waals surface area contributed by atoms with Gasteiger partial charge in [0.15, 0.2) is 0 Å². The fourth-order valence-electron chi connectivity index (χ4n) is 4.09. The second-order valence-corrected chi connectivity index (χ2v) is 7.52. The van der Waals surface area contributed by atoms with Gasteiger partial charge in [-0.05, 0) is 37.5 Å². The highest BCUT2D eigenvalue weighted by Crippen LogP contribution is 2.33. The number of nitrogens with zero attached hydrogens (tertiary/aromatic N) is 3. The average Bonchev–Trinajstić information content (AvgIpc) is 3.11. The van der Waals surface area contributed by atoms with Gasteiger partial charge in [0.1, 0.15) is 11.6 Å². The number of unbranched alkanes of at least 4 members (excludes halogenated alkanes) is 1. The molecule has 2 heterocycles. The van der Waals surface area contributed by atoms with Gasteiger partial charge in [0.2, 0.25) is 5.91 Å². The van der Waals surface area contributed by atoms with Crippen LogP contribution in [0.3, 0.4) is 0 Å². The van der Waals surface area contributed by atoms with Crippen molar-refractivity contribution in [3.8, 4) is 11.4 Å². The Morgan fingerprint density at radius 2 is 1.89 bits per heavy atom. The largest absolute Gasteiger partial charge is 0.343 e. The van der Waals surface area contributed by atoms with Crippen LogP contribution in [0.1, 0.15) is 45.1 Å². The Morgan fingerprint density at radius 3 is 2.61 bits per heavy atom. The van der Waals surface area contributed by atoms with Gasteiger partial charge in [0.25, 0.3) is 0 Å². The molecule has 3 aromatic rings. The monoisotopic (exact) mass is 379 g/mol. The zero-order valence-corrected chi connectivity index (χ0v) is 16.3. The second kappa shape index (κ2) is 8.13. The van der Waals surface area contributed by atoms with E-state index in [9.17, 15) is 9.18 Å². The third kappa shape index (κ3) is 3.66. The van der Waals surface area contributed by atoms with E-state index in [4.69, 9.17) is 4.98 Å². The molecule has 1 amide bonds. The number of benzene rings is 2. The predicted molar refractivity (Wildman–Crippen MR) is 110 cm³/mol. The maximum absolute atomic E-state index is 14.0. The number of fused-ring (bicyclic) bond motifs is 1. The molecule has 2 aromatic carbocycles. The topological polar surface area (TPSA) is 38.1 Å². The first-order valence-corrected chi connectivity index (χ1v) is 10.2. The molecule has 0 N–H and O–H groups in total. The van der Waals surface area contributed by atoms with Crippen molar-refractivity contribution in [1.82, 2.24) is 14.5 Å². The number of likely N-dealkylation sites (tertiary alicyclic amines) is 1. The van der Waals surface area contributed by atoms with E-state index >= 15 is 0 Å². The first kappa shape index (κ1) is 18.7. The van der Waals surface area contributed by atoms with Gasteiger partial charge in [-0.1, -0.05) is 43.7 Å². The van der Waals surface area contributed by atoms with Crippen molar-refractivity contribution in [2.75, 3.05) is 13.1 Å². The molecular weight excluding hydrogens is 353 g/mol. The molecular formula is C23H26FN3O. The van der Waals surface area contributed by atoms with Gasteiger partial charge >= 0.3 is 0 Å². The Morgan fingerprint density at radius 1 is 1.14 bits per heavy atom. The summed E-state index contributed by atoms with van der Waals surface area (Å²) in [5.74, 6) is 0.877. The first-order valence-electron chi connectivity index (χ1n) is 10.2. The van der Waals surface area contributed by atoms with Crippen molar-refractivity contribution in [1.29, 1.82) is 0 Å². The predicted octanol–water partition coefficient (Wildman–Crippen LogP) is 5.20. The molecule has 1 saturated heterocycles. The number of hydrogen-bond acceptors (Lipinski definition) is 2. The van der Waals surface area contributed by atoms with Crippen LogP contribution in [0.25, 0.3) is 22.4 Å². The van der Waals surface area contributed by atoms with Crippen LogP contribution in [0.4, 0.5) is 4.39 Å². The van der Waals surface area contributed by atoms with Crippen LogP contribution in [0.15, 0.2) is 48.5 Å². The van der Waals surface area contributed by atoms with Crippen LogP contribution in [0.5, 0.6) is 0 Å². The molecule has 0 aliphatic carbocycles. The lowest BCUT2D eigenvalue weighted by atomic mass is 10.0. The van der Waals surface area contributed by atoms with Gasteiger partial charge in [-0.2, -0.15) is 0 Å². The highest BCUT2D eigenvalue weighted by Gasteiger charge is 2.27. The van der Waals surface area contributed by atoms with Crippen LogP contribution in [0.2, 0.25) is 0 Å². The molecule has 0 radical (unpaired) electrons. The highest BCUT2D eigenvalue weighted by atomic mass is 19.1. The van der Waals surface area contributed by atoms with E-state index in [2.05, 4.69) is 11.5 Å². The summed E-state index contributed by atoms with van der Waals surface area (Å²) in [7, 11) is 0. The third-order valence-corrected chi connectivity index (χ3v) is 5.61. The average molecular weight is 379 g/mol. The first-order chi connectivity index (χ1) is 13.7. The van der Waals surface area contributed by atoms with Crippen molar-refractivity contribution in [3.05, 3.63) is 54.3 Å². The summed E-state index contributed by atoms with van der Waals surface area (Å²) in [6.07, 6.45) is 4.34. The van der Waals surface area contributed by atoms with Gasteiger partial charge in [0.05, 0.1) is 11.0 Å². The molecule has 1 aromatic heterocycles. The minimum Gasteiger partial charge on any atom is -0.343 e. The Bertz CT molecular complexity index is 959. The third-order valence-electron chi connectivity index (χ3n) is 5.61. The Labute approximate surface area is 165 Å². The second-order valence-electron chi connectivity index (χ2n) is 7.52. The Balaban J connectivity index is 1.65. The van der Waals surface area contributed by atoms with Gasteiger partial charge < -0.3 is 9.47 Å². The van der Waals surface area contributed by atoms with Crippen molar-refractivity contribution in [3.63, 3.8) is 0 Å². The minimum absolute atomic E-state index is 0.206. The number of rotatable bonds is 5. The summed E-state index contributed by atoms with van der Waals surface area (Å²) in [6, 6.07) is 15.0.